The molecule has 100 valence electrons. The van der Waals surface area contributed by atoms with Crippen molar-refractivity contribution in [1.82, 2.24) is 9.97 Å². The molecule has 1 aromatic rings. The van der Waals surface area contributed by atoms with Crippen molar-refractivity contribution in [3.8, 4) is 0 Å². The number of nitrogens with zero attached hydrogens (tertiary/aromatic N) is 2. The Balaban J connectivity index is 1.77. The van der Waals surface area contributed by atoms with Crippen molar-refractivity contribution in [3.63, 3.8) is 0 Å². The summed E-state index contributed by atoms with van der Waals surface area (Å²) in [5.74, 6) is 2.19. The minimum Gasteiger partial charge on any atom is -0.396 e. The number of hydrogen-bond acceptors (Lipinski definition) is 4. The summed E-state index contributed by atoms with van der Waals surface area (Å²) in [5.41, 5.74) is 1.08. The van der Waals surface area contributed by atoms with Gasteiger partial charge in [0.15, 0.2) is 0 Å². The number of nitrogens with one attached hydrogen (secondary N) is 1. The fraction of sp³-hybridized carbons (Fsp3) is 0.714. The molecule has 1 heterocycles. The van der Waals surface area contributed by atoms with Gasteiger partial charge < -0.3 is 10.4 Å². The normalized spacial score (nSPS) is 23.9. The number of rotatable bonds is 5. The van der Waals surface area contributed by atoms with Crippen molar-refractivity contribution >= 4 is 5.82 Å². The highest BCUT2D eigenvalue weighted by molar-refractivity contribution is 5.34. The maximum absolute atomic E-state index is 9.11. The lowest BCUT2D eigenvalue weighted by Crippen LogP contribution is -2.23. The average molecular weight is 249 g/mol. The van der Waals surface area contributed by atoms with E-state index in [1.54, 1.807) is 6.33 Å². The van der Waals surface area contributed by atoms with Crippen LogP contribution < -0.4 is 5.32 Å². The minimum absolute atomic E-state index is 0.353. The molecule has 1 saturated carbocycles. The van der Waals surface area contributed by atoms with E-state index in [-0.39, 0.29) is 0 Å². The lowest BCUT2D eigenvalue weighted by Gasteiger charge is -2.27. The molecule has 0 unspecified atom stereocenters. The molecule has 0 aliphatic heterocycles. The van der Waals surface area contributed by atoms with Gasteiger partial charge in [0.1, 0.15) is 12.1 Å². The average Bonchev–Trinajstić information content (AvgIpc) is 2.46. The zero-order valence-electron chi connectivity index (χ0n) is 11.1. The van der Waals surface area contributed by atoms with Crippen LogP contribution in [0.2, 0.25) is 0 Å². The van der Waals surface area contributed by atoms with Gasteiger partial charge >= 0.3 is 0 Å². The molecular weight excluding hydrogens is 226 g/mol. The summed E-state index contributed by atoms with van der Waals surface area (Å²) >= 11 is 0. The zero-order chi connectivity index (χ0) is 12.8. The maximum atomic E-state index is 9.11. The third-order valence-electron chi connectivity index (χ3n) is 3.88. The van der Waals surface area contributed by atoms with Gasteiger partial charge in [-0.05, 0) is 43.9 Å². The number of hydrogen-bond donors (Lipinski definition) is 2. The Morgan fingerprint density at radius 1 is 1.22 bits per heavy atom. The Morgan fingerprint density at radius 2 is 1.94 bits per heavy atom. The van der Waals surface area contributed by atoms with Crippen molar-refractivity contribution in [2.75, 3.05) is 18.5 Å². The third kappa shape index (κ3) is 3.67. The van der Waals surface area contributed by atoms with E-state index in [1.807, 2.05) is 6.07 Å². The molecule has 0 radical (unpaired) electrons. The van der Waals surface area contributed by atoms with E-state index in [1.165, 1.54) is 12.8 Å². The Bertz CT molecular complexity index is 362. The molecule has 0 amide bonds. The van der Waals surface area contributed by atoms with E-state index in [2.05, 4.69) is 22.2 Å². The standard InChI is InChI=1S/C14H23N3O/c1-2-13-7-14(17-10-16-13)15-8-11-3-5-12(9-18)6-4-11/h7,10-12,18H,2-6,8-9H2,1H3,(H,15,16,17). The molecule has 0 saturated heterocycles. The van der Waals surface area contributed by atoms with Crippen LogP contribution in [0.3, 0.4) is 0 Å². The summed E-state index contributed by atoms with van der Waals surface area (Å²) < 4.78 is 0. The molecule has 0 aromatic carbocycles. The van der Waals surface area contributed by atoms with Crippen LogP contribution in [0.1, 0.15) is 38.3 Å². The van der Waals surface area contributed by atoms with Crippen LogP contribution >= 0.6 is 0 Å². The van der Waals surface area contributed by atoms with Gasteiger partial charge in [0.25, 0.3) is 0 Å². The van der Waals surface area contributed by atoms with Crippen LogP contribution in [0.15, 0.2) is 12.4 Å². The number of aryl methyl sites for hydroxylation is 1. The third-order valence-corrected chi connectivity index (χ3v) is 3.88. The molecule has 2 rings (SSSR count). The molecule has 4 nitrogen and oxygen atoms in total. The molecule has 0 spiro atoms. The van der Waals surface area contributed by atoms with Gasteiger partial charge in [-0.3, -0.25) is 0 Å². The number of aromatic nitrogens is 2. The van der Waals surface area contributed by atoms with E-state index >= 15 is 0 Å². The van der Waals surface area contributed by atoms with Gasteiger partial charge in [0.05, 0.1) is 0 Å². The number of anilines is 1. The van der Waals surface area contributed by atoms with Gasteiger partial charge in [-0.2, -0.15) is 0 Å². The van der Waals surface area contributed by atoms with Gasteiger partial charge in [-0.25, -0.2) is 9.97 Å². The summed E-state index contributed by atoms with van der Waals surface area (Å²) in [6.07, 6.45) is 7.32. The first-order valence-electron chi connectivity index (χ1n) is 6.97. The Labute approximate surface area is 109 Å². The molecular formula is C14H23N3O. The van der Waals surface area contributed by atoms with Crippen LogP contribution in [0, 0.1) is 11.8 Å². The second kappa shape index (κ2) is 6.69. The fourth-order valence-electron chi connectivity index (χ4n) is 2.55. The SMILES string of the molecule is CCc1cc(NCC2CCC(CO)CC2)ncn1. The molecule has 1 aromatic heterocycles. The molecule has 0 bridgehead atoms. The summed E-state index contributed by atoms with van der Waals surface area (Å²) in [7, 11) is 0. The summed E-state index contributed by atoms with van der Waals surface area (Å²) in [6, 6.07) is 2.03. The molecule has 2 N–H and O–H groups in total. The van der Waals surface area contributed by atoms with E-state index in [9.17, 15) is 0 Å². The number of aliphatic hydroxyl groups is 1. The van der Waals surface area contributed by atoms with Gasteiger partial charge in [0.2, 0.25) is 0 Å². The van der Waals surface area contributed by atoms with Crippen LogP contribution in [-0.2, 0) is 6.42 Å². The molecule has 1 fully saturated rings. The highest BCUT2D eigenvalue weighted by Crippen LogP contribution is 2.28. The van der Waals surface area contributed by atoms with E-state index in [4.69, 9.17) is 5.11 Å². The first-order chi connectivity index (χ1) is 8.81. The predicted molar refractivity (Wildman–Crippen MR) is 72.4 cm³/mol. The van der Waals surface area contributed by atoms with Crippen LogP contribution in [0.5, 0.6) is 0 Å². The monoisotopic (exact) mass is 249 g/mol. The lowest BCUT2D eigenvalue weighted by atomic mass is 9.82. The van der Waals surface area contributed by atoms with E-state index in [0.29, 0.717) is 18.4 Å². The van der Waals surface area contributed by atoms with Crippen molar-refractivity contribution in [2.24, 2.45) is 11.8 Å². The van der Waals surface area contributed by atoms with Gasteiger partial charge in [-0.1, -0.05) is 6.92 Å². The Hall–Kier alpha value is -1.16. The van der Waals surface area contributed by atoms with Crippen molar-refractivity contribution in [1.29, 1.82) is 0 Å². The first-order valence-corrected chi connectivity index (χ1v) is 6.97. The highest BCUT2D eigenvalue weighted by atomic mass is 16.3. The predicted octanol–water partition coefficient (Wildman–Crippen LogP) is 2.25. The maximum Gasteiger partial charge on any atom is 0.129 e. The first kappa shape index (κ1) is 13.3. The molecule has 0 atom stereocenters. The fourth-order valence-corrected chi connectivity index (χ4v) is 2.55. The smallest absolute Gasteiger partial charge is 0.129 e. The highest BCUT2D eigenvalue weighted by Gasteiger charge is 2.20. The molecule has 4 heteroatoms. The van der Waals surface area contributed by atoms with Gasteiger partial charge in [0, 0.05) is 24.9 Å². The van der Waals surface area contributed by atoms with Crippen LogP contribution in [-0.4, -0.2) is 28.2 Å². The molecule has 18 heavy (non-hydrogen) atoms. The number of aliphatic hydroxyl groups excluding tert-OH is 1. The largest absolute Gasteiger partial charge is 0.396 e. The van der Waals surface area contributed by atoms with Gasteiger partial charge in [-0.15, -0.1) is 0 Å². The quantitative estimate of drug-likeness (QED) is 0.840. The Morgan fingerprint density at radius 3 is 2.61 bits per heavy atom. The topological polar surface area (TPSA) is 58.0 Å². The second-order valence-corrected chi connectivity index (χ2v) is 5.20. The van der Waals surface area contributed by atoms with Crippen LogP contribution in [0.25, 0.3) is 0 Å². The minimum atomic E-state index is 0.353. The molecule has 1 aliphatic rings. The van der Waals surface area contributed by atoms with E-state index < -0.39 is 0 Å². The Kier molecular flexibility index (Phi) is 4.93. The summed E-state index contributed by atoms with van der Waals surface area (Å²) in [4.78, 5) is 8.44. The van der Waals surface area contributed by atoms with Crippen molar-refractivity contribution in [3.05, 3.63) is 18.1 Å². The summed E-state index contributed by atoms with van der Waals surface area (Å²) in [6.45, 7) is 3.44. The van der Waals surface area contributed by atoms with Crippen LogP contribution in [0.4, 0.5) is 5.82 Å². The summed E-state index contributed by atoms with van der Waals surface area (Å²) in [5, 5.41) is 12.5. The molecule has 1 aliphatic carbocycles. The zero-order valence-corrected chi connectivity index (χ0v) is 11.1. The van der Waals surface area contributed by atoms with Crippen molar-refractivity contribution in [2.45, 2.75) is 39.0 Å². The second-order valence-electron chi connectivity index (χ2n) is 5.20. The van der Waals surface area contributed by atoms with Crippen molar-refractivity contribution < 1.29 is 5.11 Å². The van der Waals surface area contributed by atoms with E-state index in [0.717, 1.165) is 37.3 Å². The lowest BCUT2D eigenvalue weighted by molar-refractivity contribution is 0.170.